The fourth-order valence-corrected chi connectivity index (χ4v) is 1.19. The topological polar surface area (TPSA) is 73.8 Å². The number of anilines is 1. The molecule has 5 heteroatoms. The van der Waals surface area contributed by atoms with Gasteiger partial charge in [0.15, 0.2) is 0 Å². The van der Waals surface area contributed by atoms with Crippen molar-refractivity contribution in [1.29, 1.82) is 0 Å². The number of nitrogens with zero attached hydrogens (tertiary/aromatic N) is 3. The Morgan fingerprint density at radius 1 is 1.25 bits per heavy atom. The Hall–Kier alpha value is -2.26. The first kappa shape index (κ1) is 11.8. The van der Waals surface area contributed by atoms with Crippen molar-refractivity contribution >= 4 is 23.1 Å². The summed E-state index contributed by atoms with van der Waals surface area (Å²) in [6, 6.07) is 8.78. The summed E-state index contributed by atoms with van der Waals surface area (Å²) in [6.45, 7) is 1.17. The van der Waals surface area contributed by atoms with Gasteiger partial charge in [-0.2, -0.15) is 4.79 Å². The van der Waals surface area contributed by atoms with Gasteiger partial charge in [-0.15, -0.1) is 0 Å². The molecule has 1 amide bonds. The fourth-order valence-electron chi connectivity index (χ4n) is 1.19. The zero-order valence-electron chi connectivity index (χ0n) is 9.04. The van der Waals surface area contributed by atoms with E-state index in [9.17, 15) is 9.59 Å². The van der Waals surface area contributed by atoms with Crippen LogP contribution in [0.25, 0.3) is 5.53 Å². The smallest absolute Gasteiger partial charge is 0.360 e. The maximum Gasteiger partial charge on any atom is 0.421 e. The van der Waals surface area contributed by atoms with Crippen molar-refractivity contribution in [3.8, 4) is 0 Å². The van der Waals surface area contributed by atoms with Crippen LogP contribution in [0.4, 0.5) is 5.69 Å². The summed E-state index contributed by atoms with van der Waals surface area (Å²) in [4.78, 5) is 26.7. The lowest BCUT2D eigenvalue weighted by Crippen LogP contribution is -2.37. The van der Waals surface area contributed by atoms with E-state index in [-0.39, 0.29) is 0 Å². The van der Waals surface area contributed by atoms with E-state index in [0.29, 0.717) is 5.69 Å². The average Bonchev–Trinajstić information content (AvgIpc) is 2.29. The number of para-hydroxylation sites is 1. The van der Waals surface area contributed by atoms with E-state index in [1.54, 1.807) is 24.3 Å². The van der Waals surface area contributed by atoms with Crippen LogP contribution < -0.4 is 4.90 Å². The van der Waals surface area contributed by atoms with E-state index in [1.165, 1.54) is 18.9 Å². The third-order valence-electron chi connectivity index (χ3n) is 2.08. The number of benzene rings is 1. The molecule has 0 N–H and O–H groups in total. The van der Waals surface area contributed by atoms with Crippen molar-refractivity contribution in [1.82, 2.24) is 0 Å². The summed E-state index contributed by atoms with van der Waals surface area (Å²) in [6.07, 6.45) is 0. The van der Waals surface area contributed by atoms with Gasteiger partial charge in [0, 0.05) is 19.7 Å². The minimum Gasteiger partial charge on any atom is -0.360 e. The van der Waals surface area contributed by atoms with Gasteiger partial charge < -0.3 is 10.4 Å². The number of ketones is 1. The number of Topliss-reactive ketones (excluding diaryl/α,β-unsaturated/α-hetero) is 1. The quantitative estimate of drug-likeness (QED) is 0.326. The van der Waals surface area contributed by atoms with Gasteiger partial charge in [0.2, 0.25) is 5.78 Å². The molecule has 1 rings (SSSR count). The van der Waals surface area contributed by atoms with Crippen LogP contribution in [0.3, 0.4) is 0 Å². The van der Waals surface area contributed by atoms with E-state index < -0.39 is 17.4 Å². The fraction of sp³-hybridized carbons (Fsp3) is 0.182. The summed E-state index contributed by atoms with van der Waals surface area (Å²) in [7, 11) is 1.51. The number of carbonyl (C=O) groups excluding carboxylic acids is 2. The predicted molar refractivity (Wildman–Crippen MR) is 59.2 cm³/mol. The molecule has 1 aromatic carbocycles. The molecule has 1 aromatic rings. The minimum absolute atomic E-state index is 0.480. The molecule has 0 aliphatic heterocycles. The molecule has 0 spiro atoms. The summed E-state index contributed by atoms with van der Waals surface area (Å²) in [5, 5.41) is 0. The van der Waals surface area contributed by atoms with Crippen LogP contribution in [0.1, 0.15) is 6.92 Å². The zero-order chi connectivity index (χ0) is 12.1. The molecule has 0 heterocycles. The second-order valence-electron chi connectivity index (χ2n) is 3.20. The molecule has 16 heavy (non-hydrogen) atoms. The van der Waals surface area contributed by atoms with Crippen LogP contribution in [-0.2, 0) is 9.59 Å². The number of hydrogen-bond acceptors (Lipinski definition) is 2. The molecule has 0 aromatic heterocycles. The summed E-state index contributed by atoms with van der Waals surface area (Å²) in [5.41, 5.74) is 8.72. The van der Waals surface area contributed by atoms with E-state index in [1.807, 2.05) is 6.07 Å². The van der Waals surface area contributed by atoms with Crippen LogP contribution in [-0.4, -0.2) is 29.2 Å². The highest BCUT2D eigenvalue weighted by Gasteiger charge is 2.29. The van der Waals surface area contributed by atoms with Crippen LogP contribution in [0.2, 0.25) is 0 Å². The Labute approximate surface area is 92.9 Å². The second-order valence-corrected chi connectivity index (χ2v) is 3.20. The third kappa shape index (κ3) is 2.40. The van der Waals surface area contributed by atoms with Crippen LogP contribution in [0.15, 0.2) is 30.3 Å². The Morgan fingerprint density at radius 3 is 2.25 bits per heavy atom. The lowest BCUT2D eigenvalue weighted by atomic mass is 10.2. The standard InChI is InChI=1S/C11H11N3O2/c1-8(15)10(13-12)11(16)14(2)9-6-4-3-5-7-9/h3-7H,1-2H3. The molecule has 0 saturated carbocycles. The number of rotatable bonds is 3. The van der Waals surface area contributed by atoms with E-state index in [4.69, 9.17) is 5.53 Å². The SMILES string of the molecule is CC(=O)C(=[N+]=[N-])C(=O)N(C)c1ccccc1. The van der Waals surface area contributed by atoms with Crippen molar-refractivity contribution in [2.24, 2.45) is 0 Å². The lowest BCUT2D eigenvalue weighted by Gasteiger charge is -2.13. The first-order valence-electron chi connectivity index (χ1n) is 4.64. The Morgan fingerprint density at radius 2 is 1.81 bits per heavy atom. The minimum atomic E-state index is -0.638. The molecule has 0 radical (unpaired) electrons. The Bertz CT molecular complexity index is 461. The van der Waals surface area contributed by atoms with Crippen molar-refractivity contribution in [2.45, 2.75) is 6.92 Å². The van der Waals surface area contributed by atoms with Gasteiger partial charge in [0.25, 0.3) is 0 Å². The molecule has 0 aliphatic carbocycles. The van der Waals surface area contributed by atoms with Gasteiger partial charge in [-0.1, -0.05) is 18.2 Å². The molecule has 0 atom stereocenters. The van der Waals surface area contributed by atoms with Gasteiger partial charge >= 0.3 is 11.6 Å². The Kier molecular flexibility index (Phi) is 3.69. The highest BCUT2D eigenvalue weighted by molar-refractivity contribution is 6.65. The predicted octanol–water partition coefficient (Wildman–Crippen LogP) is 0.909. The highest BCUT2D eigenvalue weighted by Crippen LogP contribution is 2.11. The molecule has 0 fully saturated rings. The van der Waals surface area contributed by atoms with Gasteiger partial charge in [0.05, 0.1) is 0 Å². The highest BCUT2D eigenvalue weighted by atomic mass is 16.2. The first-order chi connectivity index (χ1) is 7.57. The van der Waals surface area contributed by atoms with E-state index in [0.717, 1.165) is 0 Å². The zero-order valence-corrected chi connectivity index (χ0v) is 9.04. The molecule has 82 valence electrons. The molecule has 5 nitrogen and oxygen atoms in total. The molecule has 0 unspecified atom stereocenters. The third-order valence-corrected chi connectivity index (χ3v) is 2.08. The maximum absolute atomic E-state index is 11.7. The molecular formula is C11H11N3O2. The van der Waals surface area contributed by atoms with Crippen molar-refractivity contribution < 1.29 is 14.4 Å². The van der Waals surface area contributed by atoms with E-state index >= 15 is 0 Å². The van der Waals surface area contributed by atoms with Crippen LogP contribution in [0, 0.1) is 0 Å². The van der Waals surface area contributed by atoms with Gasteiger partial charge in [0.1, 0.15) is 0 Å². The van der Waals surface area contributed by atoms with Crippen molar-refractivity contribution in [3.05, 3.63) is 35.9 Å². The molecule has 0 aliphatic rings. The van der Waals surface area contributed by atoms with Crippen LogP contribution in [0.5, 0.6) is 0 Å². The van der Waals surface area contributed by atoms with Crippen molar-refractivity contribution in [2.75, 3.05) is 11.9 Å². The first-order valence-corrected chi connectivity index (χ1v) is 4.64. The second kappa shape index (κ2) is 5.00. The van der Waals surface area contributed by atoms with Gasteiger partial charge in [-0.05, 0) is 12.1 Å². The number of amides is 1. The van der Waals surface area contributed by atoms with Crippen molar-refractivity contribution in [3.63, 3.8) is 0 Å². The molecule has 0 bridgehead atoms. The largest absolute Gasteiger partial charge is 0.421 e. The summed E-state index contributed by atoms with van der Waals surface area (Å²) >= 11 is 0. The average molecular weight is 217 g/mol. The Balaban J connectivity index is 3.00. The monoisotopic (exact) mass is 217 g/mol. The number of hydrogen-bond donors (Lipinski definition) is 0. The molecule has 0 saturated heterocycles. The molecular weight excluding hydrogens is 206 g/mol. The van der Waals surface area contributed by atoms with E-state index in [2.05, 4.69) is 4.79 Å². The summed E-state index contributed by atoms with van der Waals surface area (Å²) in [5.74, 6) is -1.21. The lowest BCUT2D eigenvalue weighted by molar-refractivity contribution is -0.122. The maximum atomic E-state index is 11.7. The normalized spacial score (nSPS) is 9.12. The van der Waals surface area contributed by atoms with Gasteiger partial charge in [-0.25, -0.2) is 0 Å². The van der Waals surface area contributed by atoms with Crippen LogP contribution >= 0.6 is 0 Å². The van der Waals surface area contributed by atoms with Gasteiger partial charge in [-0.3, -0.25) is 9.59 Å². The summed E-state index contributed by atoms with van der Waals surface area (Å²) < 4.78 is 0. The number of carbonyl (C=O) groups is 2.